The first-order valence-corrected chi connectivity index (χ1v) is 12.3. The first kappa shape index (κ1) is 26.3. The molecule has 2 aromatic rings. The summed E-state index contributed by atoms with van der Waals surface area (Å²) in [7, 11) is -3.72. The van der Waals surface area contributed by atoms with E-state index in [1.807, 2.05) is 27.7 Å². The number of nitrogens with zero attached hydrogens (tertiary/aromatic N) is 2. The van der Waals surface area contributed by atoms with Crippen LogP contribution in [0.2, 0.25) is 0 Å². The first-order valence-electron chi connectivity index (χ1n) is 10.8. The molecule has 10 nitrogen and oxygen atoms in total. The summed E-state index contributed by atoms with van der Waals surface area (Å²) in [5, 5.41) is 0. The molecule has 0 bridgehead atoms. The fourth-order valence-corrected chi connectivity index (χ4v) is 4.59. The number of benzene rings is 1. The second-order valence-corrected chi connectivity index (χ2v) is 10.8. The number of carbonyl (C=O) groups is 1. The molecule has 1 aromatic heterocycles. The topological polar surface area (TPSA) is 147 Å². The van der Waals surface area contributed by atoms with Gasteiger partial charge >= 0.3 is 5.69 Å². The summed E-state index contributed by atoms with van der Waals surface area (Å²) in [6, 6.07) is 5.16. The second kappa shape index (κ2) is 10.3. The third-order valence-corrected chi connectivity index (χ3v) is 6.30. The Bertz CT molecular complexity index is 1210. The highest BCUT2D eigenvalue weighted by Crippen LogP contribution is 2.22. The molecule has 0 saturated carbocycles. The van der Waals surface area contributed by atoms with Crippen molar-refractivity contribution in [3.8, 4) is 0 Å². The lowest BCUT2D eigenvalue weighted by molar-refractivity contribution is 0.0983. The summed E-state index contributed by atoms with van der Waals surface area (Å²) in [5.41, 5.74) is 4.89. The van der Waals surface area contributed by atoms with Gasteiger partial charge in [-0.25, -0.2) is 17.9 Å². The van der Waals surface area contributed by atoms with Gasteiger partial charge in [0.1, 0.15) is 5.82 Å². The summed E-state index contributed by atoms with van der Waals surface area (Å²) < 4.78 is 28.5. The van der Waals surface area contributed by atoms with Gasteiger partial charge in [0.2, 0.25) is 10.0 Å². The minimum Gasteiger partial charge on any atom is -0.383 e. The standard InChI is InChI=1S/C22H33N5O5S/c1-13(2)11-26(18-19(23)27(12-14(3)4)22(30)24-20(18)28)21(29)16-7-9-17(10-8-16)33(31,32)25-15(5)6/h7-10,13-15,25H,11-12,23H2,1-6H3,(H,24,28,30). The van der Waals surface area contributed by atoms with Crippen molar-refractivity contribution in [1.29, 1.82) is 0 Å². The fraction of sp³-hybridized carbons (Fsp3) is 0.500. The maximum atomic E-state index is 13.4. The fourth-order valence-electron chi connectivity index (χ4n) is 3.34. The third-order valence-electron chi connectivity index (χ3n) is 4.63. The molecule has 1 aromatic carbocycles. The second-order valence-electron chi connectivity index (χ2n) is 9.11. The molecule has 2 rings (SSSR count). The van der Waals surface area contributed by atoms with Crippen molar-refractivity contribution < 1.29 is 13.2 Å². The Morgan fingerprint density at radius 3 is 2.12 bits per heavy atom. The summed E-state index contributed by atoms with van der Waals surface area (Å²) >= 11 is 0. The van der Waals surface area contributed by atoms with Gasteiger partial charge in [0.25, 0.3) is 11.5 Å². The van der Waals surface area contributed by atoms with Crippen molar-refractivity contribution in [3.63, 3.8) is 0 Å². The van der Waals surface area contributed by atoms with E-state index < -0.39 is 27.2 Å². The predicted octanol–water partition coefficient (Wildman–Crippen LogP) is 1.76. The van der Waals surface area contributed by atoms with E-state index >= 15 is 0 Å². The molecule has 0 fully saturated rings. The normalized spacial score (nSPS) is 12.0. The number of H-pyrrole nitrogens is 1. The quantitative estimate of drug-likeness (QED) is 0.499. The Kier molecular flexibility index (Phi) is 8.25. The van der Waals surface area contributed by atoms with Crippen molar-refractivity contribution in [3.05, 3.63) is 50.7 Å². The van der Waals surface area contributed by atoms with Crippen LogP contribution in [-0.2, 0) is 16.6 Å². The van der Waals surface area contributed by atoms with Crippen molar-refractivity contribution >= 4 is 27.4 Å². The Balaban J connectivity index is 2.56. The molecule has 11 heteroatoms. The number of hydrogen-bond donors (Lipinski definition) is 3. The number of nitrogen functional groups attached to an aromatic ring is 1. The van der Waals surface area contributed by atoms with Gasteiger partial charge in [-0.2, -0.15) is 0 Å². The number of amides is 1. The van der Waals surface area contributed by atoms with E-state index in [2.05, 4.69) is 9.71 Å². The molecule has 0 aliphatic heterocycles. The summed E-state index contributed by atoms with van der Waals surface area (Å²) in [6.07, 6.45) is 0. The Morgan fingerprint density at radius 2 is 1.64 bits per heavy atom. The minimum atomic E-state index is -3.72. The third kappa shape index (κ3) is 6.32. The summed E-state index contributed by atoms with van der Waals surface area (Å²) in [4.78, 5) is 41.9. The van der Waals surface area contributed by atoms with E-state index in [9.17, 15) is 22.8 Å². The average Bonchev–Trinajstić information content (AvgIpc) is 2.68. The van der Waals surface area contributed by atoms with Crippen molar-refractivity contribution in [1.82, 2.24) is 14.3 Å². The summed E-state index contributed by atoms with van der Waals surface area (Å²) in [6.45, 7) is 11.4. The highest BCUT2D eigenvalue weighted by atomic mass is 32.2. The molecule has 0 aliphatic carbocycles. The van der Waals surface area contributed by atoms with Gasteiger partial charge in [-0.1, -0.05) is 27.7 Å². The van der Waals surface area contributed by atoms with E-state index in [4.69, 9.17) is 5.73 Å². The van der Waals surface area contributed by atoms with E-state index in [1.165, 1.54) is 33.7 Å². The van der Waals surface area contributed by atoms with E-state index in [0.29, 0.717) is 0 Å². The van der Waals surface area contributed by atoms with E-state index in [-0.39, 0.29) is 52.9 Å². The summed E-state index contributed by atoms with van der Waals surface area (Å²) in [5.74, 6) is -0.566. The molecule has 0 saturated heterocycles. The monoisotopic (exact) mass is 479 g/mol. The lowest BCUT2D eigenvalue weighted by Crippen LogP contribution is -2.43. The van der Waals surface area contributed by atoms with Crippen LogP contribution in [-0.4, -0.2) is 36.5 Å². The lowest BCUT2D eigenvalue weighted by Gasteiger charge is -2.26. The van der Waals surface area contributed by atoms with E-state index in [1.54, 1.807) is 13.8 Å². The van der Waals surface area contributed by atoms with Gasteiger partial charge in [-0.3, -0.25) is 19.1 Å². The number of nitrogens with one attached hydrogen (secondary N) is 2. The van der Waals surface area contributed by atoms with Crippen LogP contribution in [0, 0.1) is 11.8 Å². The zero-order chi connectivity index (χ0) is 25.1. The highest BCUT2D eigenvalue weighted by Gasteiger charge is 2.26. The lowest BCUT2D eigenvalue weighted by atomic mass is 10.1. The van der Waals surface area contributed by atoms with Gasteiger partial charge < -0.3 is 10.6 Å². The molecule has 182 valence electrons. The molecule has 0 spiro atoms. The zero-order valence-electron chi connectivity index (χ0n) is 19.9. The molecule has 0 radical (unpaired) electrons. The molecule has 0 unspecified atom stereocenters. The number of sulfonamides is 1. The zero-order valence-corrected chi connectivity index (χ0v) is 20.7. The highest BCUT2D eigenvalue weighted by molar-refractivity contribution is 7.89. The van der Waals surface area contributed by atoms with Crippen LogP contribution < -0.4 is 26.6 Å². The van der Waals surface area contributed by atoms with Crippen LogP contribution in [0.1, 0.15) is 51.9 Å². The van der Waals surface area contributed by atoms with Crippen LogP contribution in [0.4, 0.5) is 11.5 Å². The predicted molar refractivity (Wildman–Crippen MR) is 129 cm³/mol. The number of hydrogen-bond acceptors (Lipinski definition) is 6. The molecule has 1 amide bonds. The number of anilines is 2. The smallest absolute Gasteiger partial charge is 0.330 e. The molecule has 4 N–H and O–H groups in total. The van der Waals surface area contributed by atoms with Crippen molar-refractivity contribution in [2.45, 2.75) is 59.0 Å². The molecule has 0 atom stereocenters. The SMILES string of the molecule is CC(C)CN(C(=O)c1ccc(S(=O)(=O)NC(C)C)cc1)c1c(N)n(CC(C)C)c(=O)[nH]c1=O. The average molecular weight is 480 g/mol. The number of carbonyl (C=O) groups excluding carboxylic acids is 1. The molecular formula is C22H33N5O5S. The van der Waals surface area contributed by atoms with Gasteiger partial charge in [-0.05, 0) is 49.9 Å². The van der Waals surface area contributed by atoms with Gasteiger partial charge in [0, 0.05) is 24.7 Å². The van der Waals surface area contributed by atoms with Crippen LogP contribution in [0.3, 0.4) is 0 Å². The van der Waals surface area contributed by atoms with Gasteiger partial charge in [0.15, 0.2) is 5.69 Å². The Morgan fingerprint density at radius 1 is 1.06 bits per heavy atom. The molecular weight excluding hydrogens is 446 g/mol. The van der Waals surface area contributed by atoms with Crippen LogP contribution in [0.5, 0.6) is 0 Å². The van der Waals surface area contributed by atoms with E-state index in [0.717, 1.165) is 0 Å². The number of aromatic nitrogens is 2. The van der Waals surface area contributed by atoms with Gasteiger partial charge in [-0.15, -0.1) is 0 Å². The van der Waals surface area contributed by atoms with Crippen molar-refractivity contribution in [2.24, 2.45) is 11.8 Å². The molecule has 33 heavy (non-hydrogen) atoms. The largest absolute Gasteiger partial charge is 0.383 e. The van der Waals surface area contributed by atoms with Crippen LogP contribution in [0.15, 0.2) is 38.8 Å². The van der Waals surface area contributed by atoms with Crippen molar-refractivity contribution in [2.75, 3.05) is 17.2 Å². The number of aromatic amines is 1. The molecule has 0 aliphatic rings. The van der Waals surface area contributed by atoms with Crippen LogP contribution in [0.25, 0.3) is 0 Å². The maximum absolute atomic E-state index is 13.4. The Labute approximate surface area is 193 Å². The number of rotatable bonds is 9. The Hall–Kier alpha value is -2.92. The van der Waals surface area contributed by atoms with Crippen LogP contribution >= 0.6 is 0 Å². The molecule has 1 heterocycles. The maximum Gasteiger partial charge on any atom is 0.330 e. The number of nitrogens with two attached hydrogens (primary N) is 1. The first-order chi connectivity index (χ1) is 15.2. The minimum absolute atomic E-state index is 0.0194. The van der Waals surface area contributed by atoms with Gasteiger partial charge in [0.05, 0.1) is 4.90 Å².